The van der Waals surface area contributed by atoms with Crippen LogP contribution >= 0.6 is 27.7 Å². The quantitative estimate of drug-likeness (QED) is 0.605. The van der Waals surface area contributed by atoms with Crippen LogP contribution < -0.4 is 5.32 Å². The van der Waals surface area contributed by atoms with Crippen LogP contribution in [0.3, 0.4) is 0 Å². The Labute approximate surface area is 183 Å². The van der Waals surface area contributed by atoms with E-state index in [2.05, 4.69) is 31.9 Å². The van der Waals surface area contributed by atoms with Gasteiger partial charge in [0.05, 0.1) is 24.0 Å². The number of hydrogen-bond acceptors (Lipinski definition) is 4. The van der Waals surface area contributed by atoms with Crippen molar-refractivity contribution in [3.8, 4) is 6.07 Å². The van der Waals surface area contributed by atoms with Crippen molar-refractivity contribution in [2.45, 2.75) is 56.1 Å². The van der Waals surface area contributed by atoms with Crippen LogP contribution in [0.5, 0.6) is 0 Å². The Morgan fingerprint density at radius 1 is 1.28 bits per heavy atom. The molecular weight excluding hydrogens is 450 g/mol. The number of hydrogen-bond donors (Lipinski definition) is 1. The molecule has 1 atom stereocenters. The monoisotopic (exact) mass is 473 g/mol. The number of benzene rings is 1. The van der Waals surface area contributed by atoms with Crippen molar-refractivity contribution in [1.29, 1.82) is 5.26 Å². The van der Waals surface area contributed by atoms with Crippen molar-refractivity contribution in [3.05, 3.63) is 45.6 Å². The number of ether oxygens (including phenoxy) is 1. The average Bonchev–Trinajstić information content (AvgIpc) is 3.35. The molecular formula is C22H24BrN3O2S. The number of nitrogens with zero attached hydrogens (tertiary/aromatic N) is 2. The lowest BCUT2D eigenvalue weighted by Gasteiger charge is -2.19. The fraction of sp³-hybridized carbons (Fsp3) is 0.455. The Hall–Kier alpha value is -1.75. The van der Waals surface area contributed by atoms with Crippen molar-refractivity contribution in [2.24, 2.45) is 0 Å². The molecule has 29 heavy (non-hydrogen) atoms. The van der Waals surface area contributed by atoms with E-state index in [1.54, 1.807) is 0 Å². The summed E-state index contributed by atoms with van der Waals surface area (Å²) < 4.78 is 9.02. The molecule has 1 aliphatic heterocycles. The molecule has 0 radical (unpaired) electrons. The molecule has 4 rings (SSSR count). The summed E-state index contributed by atoms with van der Waals surface area (Å²) in [6, 6.07) is 10.3. The first-order valence-electron chi connectivity index (χ1n) is 10.1. The van der Waals surface area contributed by atoms with E-state index in [0.717, 1.165) is 60.1 Å². The summed E-state index contributed by atoms with van der Waals surface area (Å²) in [4.78, 5) is 13.8. The van der Waals surface area contributed by atoms with E-state index in [1.807, 2.05) is 24.3 Å². The van der Waals surface area contributed by atoms with Gasteiger partial charge in [-0.15, -0.1) is 11.8 Å². The fourth-order valence-corrected chi connectivity index (χ4v) is 5.12. The number of nitriles is 1. The molecule has 0 spiro atoms. The third kappa shape index (κ3) is 4.71. The maximum Gasteiger partial charge on any atom is 0.235 e. The minimum absolute atomic E-state index is 0.0853. The largest absolute Gasteiger partial charge is 0.376 e. The van der Waals surface area contributed by atoms with Gasteiger partial charge < -0.3 is 14.6 Å². The number of fused-ring (bicyclic) bond motifs is 1. The second kappa shape index (κ2) is 9.38. The number of carbonyl (C=O) groups is 1. The van der Waals surface area contributed by atoms with Crippen LogP contribution in [0.4, 0.5) is 5.82 Å². The van der Waals surface area contributed by atoms with Crippen LogP contribution in [0.15, 0.2) is 33.6 Å². The standard InChI is InChI=1S/C22H24BrN3O2S/c23-15-7-9-17(10-8-15)29-14-21(27)25-22-19(12-24)18-5-1-2-6-20(18)26(22)13-16-4-3-11-28-16/h7-10,16H,1-6,11,13-14H2,(H,25,27). The van der Waals surface area contributed by atoms with Gasteiger partial charge in [0.15, 0.2) is 0 Å². The number of anilines is 1. The highest BCUT2D eigenvalue weighted by Gasteiger charge is 2.28. The first-order chi connectivity index (χ1) is 14.2. The zero-order chi connectivity index (χ0) is 20.2. The molecule has 7 heteroatoms. The molecule has 152 valence electrons. The van der Waals surface area contributed by atoms with Gasteiger partial charge in [0.2, 0.25) is 5.91 Å². The van der Waals surface area contributed by atoms with Gasteiger partial charge in [0, 0.05) is 21.7 Å². The number of aromatic nitrogens is 1. The van der Waals surface area contributed by atoms with E-state index >= 15 is 0 Å². The Morgan fingerprint density at radius 2 is 2.07 bits per heavy atom. The molecule has 0 saturated carbocycles. The first kappa shape index (κ1) is 20.5. The third-order valence-electron chi connectivity index (χ3n) is 5.54. The zero-order valence-corrected chi connectivity index (χ0v) is 18.7. The molecule has 1 aromatic carbocycles. The van der Waals surface area contributed by atoms with Crippen molar-refractivity contribution >= 4 is 39.4 Å². The van der Waals surface area contributed by atoms with E-state index in [0.29, 0.717) is 23.7 Å². The van der Waals surface area contributed by atoms with Gasteiger partial charge in [-0.25, -0.2) is 0 Å². The Balaban J connectivity index is 1.54. The summed E-state index contributed by atoms with van der Waals surface area (Å²) in [7, 11) is 0. The second-order valence-corrected chi connectivity index (χ2v) is 9.47. The van der Waals surface area contributed by atoms with E-state index in [-0.39, 0.29) is 12.0 Å². The van der Waals surface area contributed by atoms with E-state index in [1.165, 1.54) is 17.5 Å². The SMILES string of the molecule is N#Cc1c2c(n(CC3CCCO3)c1NC(=O)CSc1ccc(Br)cc1)CCCC2. The van der Waals surface area contributed by atoms with Gasteiger partial charge in [-0.3, -0.25) is 4.79 Å². The molecule has 0 bridgehead atoms. The lowest BCUT2D eigenvalue weighted by molar-refractivity contribution is -0.113. The second-order valence-electron chi connectivity index (χ2n) is 7.50. The summed E-state index contributed by atoms with van der Waals surface area (Å²) in [6.07, 6.45) is 6.35. The number of nitrogens with one attached hydrogen (secondary N) is 1. The molecule has 2 heterocycles. The van der Waals surface area contributed by atoms with Crippen molar-refractivity contribution in [1.82, 2.24) is 4.57 Å². The maximum atomic E-state index is 12.7. The lowest BCUT2D eigenvalue weighted by atomic mass is 9.95. The average molecular weight is 474 g/mol. The molecule has 1 N–H and O–H groups in total. The lowest BCUT2D eigenvalue weighted by Crippen LogP contribution is -2.23. The van der Waals surface area contributed by atoms with Crippen LogP contribution in [0.1, 0.15) is 42.5 Å². The number of thioether (sulfide) groups is 1. The molecule has 1 aliphatic carbocycles. The summed E-state index contributed by atoms with van der Waals surface area (Å²) in [6.45, 7) is 1.50. The number of halogens is 1. The van der Waals surface area contributed by atoms with Gasteiger partial charge in [-0.05, 0) is 68.4 Å². The van der Waals surface area contributed by atoms with Gasteiger partial charge >= 0.3 is 0 Å². The summed E-state index contributed by atoms with van der Waals surface area (Å²) in [5, 5.41) is 12.9. The molecule has 2 aliphatic rings. The van der Waals surface area contributed by atoms with E-state index in [4.69, 9.17) is 4.74 Å². The molecule has 5 nitrogen and oxygen atoms in total. The van der Waals surface area contributed by atoms with E-state index in [9.17, 15) is 10.1 Å². The Bertz CT molecular complexity index is 927. The first-order valence-corrected chi connectivity index (χ1v) is 11.9. The fourth-order valence-electron chi connectivity index (χ4n) is 4.16. The normalized spacial score (nSPS) is 18.3. The van der Waals surface area contributed by atoms with Crippen LogP contribution in [0.2, 0.25) is 0 Å². The van der Waals surface area contributed by atoms with Crippen molar-refractivity contribution in [2.75, 3.05) is 17.7 Å². The van der Waals surface area contributed by atoms with Crippen LogP contribution in [-0.2, 0) is 28.9 Å². The highest BCUT2D eigenvalue weighted by molar-refractivity contribution is 9.10. The highest BCUT2D eigenvalue weighted by Crippen LogP contribution is 2.34. The Morgan fingerprint density at radius 3 is 2.79 bits per heavy atom. The van der Waals surface area contributed by atoms with E-state index < -0.39 is 0 Å². The molecule has 1 saturated heterocycles. The van der Waals surface area contributed by atoms with Gasteiger partial charge in [-0.1, -0.05) is 15.9 Å². The van der Waals surface area contributed by atoms with Crippen molar-refractivity contribution in [3.63, 3.8) is 0 Å². The van der Waals surface area contributed by atoms with Crippen molar-refractivity contribution < 1.29 is 9.53 Å². The van der Waals surface area contributed by atoms with Gasteiger partial charge in [0.25, 0.3) is 0 Å². The smallest absolute Gasteiger partial charge is 0.235 e. The maximum absolute atomic E-state index is 12.7. The molecule has 1 fully saturated rings. The Kier molecular flexibility index (Phi) is 6.63. The van der Waals surface area contributed by atoms with Crippen LogP contribution in [0.25, 0.3) is 0 Å². The van der Waals surface area contributed by atoms with Gasteiger partial charge in [-0.2, -0.15) is 5.26 Å². The number of amides is 1. The topological polar surface area (TPSA) is 67.1 Å². The zero-order valence-electron chi connectivity index (χ0n) is 16.2. The predicted molar refractivity (Wildman–Crippen MR) is 118 cm³/mol. The summed E-state index contributed by atoms with van der Waals surface area (Å²) in [5.74, 6) is 0.886. The van der Waals surface area contributed by atoms with Crippen LogP contribution in [0, 0.1) is 11.3 Å². The number of rotatable bonds is 6. The molecule has 1 amide bonds. The number of carbonyl (C=O) groups excluding carboxylic acids is 1. The van der Waals surface area contributed by atoms with Crippen LogP contribution in [-0.4, -0.2) is 28.9 Å². The minimum atomic E-state index is -0.0853. The molecule has 1 unspecified atom stereocenters. The highest BCUT2D eigenvalue weighted by atomic mass is 79.9. The minimum Gasteiger partial charge on any atom is -0.376 e. The summed E-state index contributed by atoms with van der Waals surface area (Å²) in [5.41, 5.74) is 2.96. The molecule has 1 aromatic heterocycles. The third-order valence-corrected chi connectivity index (χ3v) is 7.08. The summed E-state index contributed by atoms with van der Waals surface area (Å²) >= 11 is 4.92. The predicted octanol–water partition coefficient (Wildman–Crippen LogP) is 4.91. The molecule has 2 aromatic rings. The van der Waals surface area contributed by atoms with Gasteiger partial charge in [0.1, 0.15) is 11.9 Å².